The van der Waals surface area contributed by atoms with Gasteiger partial charge in [0.25, 0.3) is 5.69 Å². The molecular formula is C20H26N4O6. The Morgan fingerprint density at radius 1 is 1.17 bits per heavy atom. The summed E-state index contributed by atoms with van der Waals surface area (Å²) in [4.78, 5) is 40.7. The summed E-state index contributed by atoms with van der Waals surface area (Å²) in [5.74, 6) is -0.427. The van der Waals surface area contributed by atoms with Crippen LogP contribution in [0.3, 0.4) is 0 Å². The van der Waals surface area contributed by atoms with Crippen molar-refractivity contribution in [2.45, 2.75) is 0 Å². The summed E-state index contributed by atoms with van der Waals surface area (Å²) in [5, 5.41) is 11.6. The Morgan fingerprint density at radius 3 is 2.50 bits per heavy atom. The topological polar surface area (TPSA) is 105 Å². The third-order valence-electron chi connectivity index (χ3n) is 5.24. The van der Waals surface area contributed by atoms with Crippen LogP contribution in [0.15, 0.2) is 24.3 Å². The Hall–Kier alpha value is -2.98. The quantitative estimate of drug-likeness (QED) is 0.289. The lowest BCUT2D eigenvalue weighted by molar-refractivity contribution is -0.384. The van der Waals surface area contributed by atoms with Gasteiger partial charge in [-0.2, -0.15) is 0 Å². The van der Waals surface area contributed by atoms with Crippen molar-refractivity contribution in [2.24, 2.45) is 0 Å². The largest absolute Gasteiger partial charge is 0.466 e. The minimum atomic E-state index is -0.524. The highest BCUT2D eigenvalue weighted by Crippen LogP contribution is 2.30. The molecule has 0 bridgehead atoms. The zero-order valence-corrected chi connectivity index (χ0v) is 17.0. The number of methoxy groups -OCH3 is 1. The highest BCUT2D eigenvalue weighted by Gasteiger charge is 2.26. The van der Waals surface area contributed by atoms with E-state index in [0.717, 1.165) is 0 Å². The lowest BCUT2D eigenvalue weighted by atomic mass is 10.1. The van der Waals surface area contributed by atoms with E-state index in [4.69, 9.17) is 4.74 Å². The summed E-state index contributed by atoms with van der Waals surface area (Å²) in [6.07, 6.45) is 2.71. The number of ether oxygens (including phenoxy) is 2. The van der Waals surface area contributed by atoms with Crippen molar-refractivity contribution in [2.75, 3.05) is 71.0 Å². The zero-order valence-electron chi connectivity index (χ0n) is 17.0. The first-order valence-corrected chi connectivity index (χ1v) is 9.85. The van der Waals surface area contributed by atoms with Gasteiger partial charge in [0.2, 0.25) is 5.91 Å². The molecule has 2 aliphatic heterocycles. The molecule has 10 nitrogen and oxygen atoms in total. The molecule has 1 amide bonds. The summed E-state index contributed by atoms with van der Waals surface area (Å²) in [6.45, 7) is 5.25. The van der Waals surface area contributed by atoms with E-state index in [1.807, 2.05) is 9.80 Å². The molecule has 0 radical (unpaired) electrons. The highest BCUT2D eigenvalue weighted by molar-refractivity contribution is 5.87. The molecule has 0 saturated carbocycles. The number of nitro groups is 1. The van der Waals surface area contributed by atoms with Gasteiger partial charge in [-0.1, -0.05) is 6.07 Å². The summed E-state index contributed by atoms with van der Waals surface area (Å²) < 4.78 is 9.82. The van der Waals surface area contributed by atoms with Gasteiger partial charge in [-0.3, -0.25) is 19.8 Å². The molecular weight excluding hydrogens is 392 g/mol. The van der Waals surface area contributed by atoms with Crippen LogP contribution < -0.4 is 4.90 Å². The summed E-state index contributed by atoms with van der Waals surface area (Å²) in [6, 6.07) is 4.88. The Kier molecular flexibility index (Phi) is 7.36. The van der Waals surface area contributed by atoms with Gasteiger partial charge in [0.15, 0.2) is 0 Å². The number of nitro benzene ring substituents is 1. The van der Waals surface area contributed by atoms with Crippen LogP contribution in [0.1, 0.15) is 5.56 Å². The van der Waals surface area contributed by atoms with Crippen molar-refractivity contribution in [1.82, 2.24) is 9.80 Å². The molecule has 0 unspecified atom stereocenters. The Bertz CT molecular complexity index is 814. The van der Waals surface area contributed by atoms with Crippen molar-refractivity contribution in [3.63, 3.8) is 0 Å². The minimum Gasteiger partial charge on any atom is -0.466 e. The SMILES string of the molecule is COC(=O)/C=C/c1ccc(N2CCN(CC(=O)N3CCOCC3)CC2)c([N+](=O)[O-])c1. The van der Waals surface area contributed by atoms with Crippen LogP contribution in [0, 0.1) is 10.1 Å². The first kappa shape index (κ1) is 21.7. The third-order valence-corrected chi connectivity index (χ3v) is 5.24. The molecule has 0 aromatic heterocycles. The van der Waals surface area contributed by atoms with E-state index in [1.54, 1.807) is 12.1 Å². The number of anilines is 1. The molecule has 2 saturated heterocycles. The molecule has 3 rings (SSSR count). The van der Waals surface area contributed by atoms with E-state index >= 15 is 0 Å². The number of hydrogen-bond acceptors (Lipinski definition) is 8. The monoisotopic (exact) mass is 418 g/mol. The summed E-state index contributed by atoms with van der Waals surface area (Å²) in [7, 11) is 1.27. The van der Waals surface area contributed by atoms with Gasteiger partial charge in [0, 0.05) is 51.4 Å². The van der Waals surface area contributed by atoms with Crippen LogP contribution in [0.25, 0.3) is 6.08 Å². The predicted octanol–water partition coefficient (Wildman–Crippen LogP) is 0.762. The zero-order chi connectivity index (χ0) is 21.5. The van der Waals surface area contributed by atoms with Crippen LogP contribution in [0.5, 0.6) is 0 Å². The number of hydrogen-bond donors (Lipinski definition) is 0. The molecule has 30 heavy (non-hydrogen) atoms. The number of morpholine rings is 1. The van der Waals surface area contributed by atoms with Crippen molar-refractivity contribution in [1.29, 1.82) is 0 Å². The Balaban J connectivity index is 1.61. The number of nitrogens with zero attached hydrogens (tertiary/aromatic N) is 4. The maximum atomic E-state index is 12.4. The fraction of sp³-hybridized carbons (Fsp3) is 0.500. The van der Waals surface area contributed by atoms with Crippen molar-refractivity contribution < 1.29 is 24.0 Å². The number of esters is 1. The van der Waals surface area contributed by atoms with Gasteiger partial charge >= 0.3 is 5.97 Å². The number of amides is 1. The fourth-order valence-corrected chi connectivity index (χ4v) is 3.54. The molecule has 1 aromatic rings. The van der Waals surface area contributed by atoms with Crippen LogP contribution >= 0.6 is 0 Å². The number of carbonyl (C=O) groups is 2. The first-order valence-electron chi connectivity index (χ1n) is 9.85. The average Bonchev–Trinajstić information content (AvgIpc) is 2.78. The van der Waals surface area contributed by atoms with Gasteiger partial charge in [-0.05, 0) is 17.7 Å². The molecule has 2 fully saturated rings. The fourth-order valence-electron chi connectivity index (χ4n) is 3.54. The van der Waals surface area contributed by atoms with E-state index in [9.17, 15) is 19.7 Å². The van der Waals surface area contributed by atoms with Crippen molar-refractivity contribution >= 4 is 29.3 Å². The molecule has 0 aliphatic carbocycles. The maximum absolute atomic E-state index is 12.4. The van der Waals surface area contributed by atoms with E-state index in [1.165, 1.54) is 25.3 Å². The normalized spacial score (nSPS) is 17.9. The second kappa shape index (κ2) is 10.2. The lowest BCUT2D eigenvalue weighted by Gasteiger charge is -2.36. The van der Waals surface area contributed by atoms with Crippen LogP contribution in [0.4, 0.5) is 11.4 Å². The second-order valence-corrected chi connectivity index (χ2v) is 7.12. The maximum Gasteiger partial charge on any atom is 0.330 e. The van der Waals surface area contributed by atoms with Crippen LogP contribution in [0.2, 0.25) is 0 Å². The molecule has 2 heterocycles. The van der Waals surface area contributed by atoms with Gasteiger partial charge < -0.3 is 19.3 Å². The van der Waals surface area contributed by atoms with Gasteiger partial charge in [-0.15, -0.1) is 0 Å². The molecule has 0 N–H and O–H groups in total. The average molecular weight is 418 g/mol. The molecule has 0 spiro atoms. The smallest absolute Gasteiger partial charge is 0.330 e. The number of carbonyl (C=O) groups excluding carboxylic acids is 2. The highest BCUT2D eigenvalue weighted by atomic mass is 16.6. The lowest BCUT2D eigenvalue weighted by Crippen LogP contribution is -2.51. The molecule has 162 valence electrons. The van der Waals surface area contributed by atoms with E-state index in [2.05, 4.69) is 9.64 Å². The van der Waals surface area contributed by atoms with Gasteiger partial charge in [-0.25, -0.2) is 4.79 Å². The Labute approximate surface area is 174 Å². The van der Waals surface area contributed by atoms with E-state index in [-0.39, 0.29) is 11.6 Å². The van der Waals surface area contributed by atoms with Crippen molar-refractivity contribution in [3.8, 4) is 0 Å². The molecule has 1 aromatic carbocycles. The van der Waals surface area contributed by atoms with Gasteiger partial charge in [0.1, 0.15) is 5.69 Å². The van der Waals surface area contributed by atoms with Gasteiger partial charge in [0.05, 0.1) is 31.8 Å². The standard InChI is InChI=1S/C20H26N4O6/c1-29-20(26)5-3-16-2-4-17(18(14-16)24(27)28)22-8-6-21(7-9-22)15-19(25)23-10-12-30-13-11-23/h2-5,14H,6-13,15H2,1H3/b5-3+. The minimum absolute atomic E-state index is 0.0140. The number of benzene rings is 1. The summed E-state index contributed by atoms with van der Waals surface area (Å²) >= 11 is 0. The van der Waals surface area contributed by atoms with E-state index in [0.29, 0.717) is 70.3 Å². The van der Waals surface area contributed by atoms with Crippen LogP contribution in [-0.4, -0.2) is 92.7 Å². The number of piperazine rings is 1. The van der Waals surface area contributed by atoms with Crippen molar-refractivity contribution in [3.05, 3.63) is 40.0 Å². The second-order valence-electron chi connectivity index (χ2n) is 7.12. The van der Waals surface area contributed by atoms with E-state index < -0.39 is 10.9 Å². The predicted molar refractivity (Wildman–Crippen MR) is 110 cm³/mol. The molecule has 2 aliphatic rings. The Morgan fingerprint density at radius 2 is 1.87 bits per heavy atom. The van der Waals surface area contributed by atoms with Crippen LogP contribution in [-0.2, 0) is 19.1 Å². The molecule has 0 atom stereocenters. The molecule has 10 heteroatoms. The third kappa shape index (κ3) is 5.55. The first-order chi connectivity index (χ1) is 14.5. The summed E-state index contributed by atoms with van der Waals surface area (Å²) in [5.41, 5.74) is 1.07. The number of rotatable bonds is 6.